The van der Waals surface area contributed by atoms with Crippen molar-refractivity contribution in [3.63, 3.8) is 0 Å². The average molecular weight is 296 g/mol. The molecule has 0 aromatic heterocycles. The van der Waals surface area contributed by atoms with Crippen LogP contribution in [0.2, 0.25) is 9.88 Å². The molecular weight excluding hydrogens is 281 g/mol. The van der Waals surface area contributed by atoms with E-state index >= 15 is 0 Å². The van der Waals surface area contributed by atoms with Gasteiger partial charge in [0.25, 0.3) is 5.97 Å². The molecule has 0 saturated heterocycles. The van der Waals surface area contributed by atoms with Crippen LogP contribution >= 0.6 is 0 Å². The summed E-state index contributed by atoms with van der Waals surface area (Å²) >= 11 is 4.95. The Labute approximate surface area is 89.7 Å². The molecule has 0 rings (SSSR count). The fourth-order valence-corrected chi connectivity index (χ4v) is 0.398. The SMILES string of the molecule is CC(C)([S-])C([NH-])C(=O)O.[CH3][Sn+2][CH3]. The fourth-order valence-electron chi connectivity index (χ4n) is 0.297. The van der Waals surface area contributed by atoms with Gasteiger partial charge in [0, 0.05) is 0 Å². The van der Waals surface area contributed by atoms with Gasteiger partial charge in [-0.05, 0) is 0 Å². The van der Waals surface area contributed by atoms with Crippen molar-refractivity contribution in [2.24, 2.45) is 0 Å². The van der Waals surface area contributed by atoms with Gasteiger partial charge in [-0.25, -0.2) is 0 Å². The van der Waals surface area contributed by atoms with Crippen molar-refractivity contribution < 1.29 is 9.90 Å². The molecule has 0 fully saturated rings. The molecule has 0 aromatic carbocycles. The number of hydrogen-bond acceptors (Lipinski definition) is 2. The molecule has 0 amide bonds. The van der Waals surface area contributed by atoms with E-state index in [1.54, 1.807) is 13.8 Å². The molecule has 0 aliphatic heterocycles. The Morgan fingerprint density at radius 1 is 1.58 bits per heavy atom. The molecule has 0 aliphatic rings. The van der Waals surface area contributed by atoms with Gasteiger partial charge in [-0.2, -0.15) is 4.75 Å². The van der Waals surface area contributed by atoms with E-state index in [0.29, 0.717) is 0 Å². The minimum atomic E-state index is -1.20. The standard InChI is InChI=1S/C5H10NO2S.2CH3.Sn/c1-5(2,9)3(6)4(7)8;;;/h3,6,9H,1-2H3,(H,7,8);2*1H3;/q-1;;;+2/p-1. The van der Waals surface area contributed by atoms with Crippen molar-refractivity contribution >= 4 is 39.7 Å². The van der Waals surface area contributed by atoms with Gasteiger partial charge in [-0.1, -0.05) is 19.9 Å². The van der Waals surface area contributed by atoms with Crippen molar-refractivity contribution in [1.82, 2.24) is 0 Å². The third kappa shape index (κ3) is 8.67. The Balaban J connectivity index is 0. The molecule has 3 nitrogen and oxygen atoms in total. The Morgan fingerprint density at radius 3 is 1.83 bits per heavy atom. The van der Waals surface area contributed by atoms with Crippen LogP contribution in [0.1, 0.15) is 13.8 Å². The molecule has 1 unspecified atom stereocenters. The van der Waals surface area contributed by atoms with Crippen molar-refractivity contribution in [2.45, 2.75) is 34.5 Å². The molecule has 0 aromatic rings. The van der Waals surface area contributed by atoms with E-state index in [2.05, 4.69) is 9.88 Å². The number of nitrogens with one attached hydrogen (secondary N) is 1. The normalized spacial score (nSPS) is 12.2. The summed E-state index contributed by atoms with van der Waals surface area (Å²) in [6, 6.07) is -1.20. The summed E-state index contributed by atoms with van der Waals surface area (Å²) in [5.41, 5.74) is 6.97. The average Bonchev–Trinajstić information content (AvgIpc) is 1.85. The number of rotatable bonds is 2. The zero-order chi connectivity index (χ0) is 10.4. The molecule has 70 valence electrons. The molecule has 12 heavy (non-hydrogen) atoms. The third-order valence-corrected chi connectivity index (χ3v) is 1.18. The number of carboxylic acids is 1. The predicted octanol–water partition coefficient (Wildman–Crippen LogP) is 1.60. The second-order valence-corrected chi connectivity index (χ2v) is 6.78. The Bertz CT molecular complexity index is 136. The van der Waals surface area contributed by atoms with E-state index in [1.165, 1.54) is 0 Å². The molecule has 0 saturated carbocycles. The van der Waals surface area contributed by atoms with Crippen LogP contribution in [0.15, 0.2) is 0 Å². The number of hydrogen-bond donors (Lipinski definition) is 1. The predicted molar refractivity (Wildman–Crippen MR) is 54.7 cm³/mol. The van der Waals surface area contributed by atoms with E-state index in [9.17, 15) is 4.79 Å². The van der Waals surface area contributed by atoms with E-state index < -0.39 is 16.8 Å². The van der Waals surface area contributed by atoms with Crippen LogP contribution in [0, 0.1) is 0 Å². The van der Waals surface area contributed by atoms with E-state index in [0.717, 1.165) is 0 Å². The van der Waals surface area contributed by atoms with Gasteiger partial charge in [0.15, 0.2) is 0 Å². The number of aliphatic carboxylic acids is 1. The monoisotopic (exact) mass is 297 g/mol. The second kappa shape index (κ2) is 7.03. The van der Waals surface area contributed by atoms with Gasteiger partial charge >= 0.3 is 31.0 Å². The van der Waals surface area contributed by atoms with Gasteiger partial charge in [0.2, 0.25) is 0 Å². The molecule has 1 atom stereocenters. The summed E-state index contributed by atoms with van der Waals surface area (Å²) in [4.78, 5) is 14.7. The van der Waals surface area contributed by atoms with Crippen LogP contribution in [0.25, 0.3) is 5.73 Å². The Kier molecular flexibility index (Phi) is 8.83. The summed E-state index contributed by atoms with van der Waals surface area (Å²) in [7, 11) is 0. The molecule has 2 N–H and O–H groups in total. The zero-order valence-corrected chi connectivity index (χ0v) is 11.5. The first-order chi connectivity index (χ1) is 5.27. The second-order valence-electron chi connectivity index (χ2n) is 2.87. The van der Waals surface area contributed by atoms with Gasteiger partial charge in [-0.3, -0.25) is 4.79 Å². The molecule has 0 spiro atoms. The van der Waals surface area contributed by atoms with Crippen LogP contribution < -0.4 is 0 Å². The van der Waals surface area contributed by atoms with Crippen LogP contribution in [0.3, 0.4) is 0 Å². The van der Waals surface area contributed by atoms with E-state index in [1.807, 2.05) is 0 Å². The van der Waals surface area contributed by atoms with E-state index in [-0.39, 0.29) is 21.1 Å². The van der Waals surface area contributed by atoms with Crippen molar-refractivity contribution in [1.29, 1.82) is 0 Å². The fraction of sp³-hybridized carbons (Fsp3) is 0.857. The topological polar surface area (TPSA) is 61.1 Å². The zero-order valence-electron chi connectivity index (χ0n) is 7.84. The Morgan fingerprint density at radius 2 is 1.83 bits per heavy atom. The Hall–Kier alpha value is 0.579. The first-order valence-corrected chi connectivity index (χ1v) is 9.61. The van der Waals surface area contributed by atoms with Crippen LogP contribution in [-0.4, -0.2) is 43.0 Å². The summed E-state index contributed by atoms with van der Waals surface area (Å²) < 4.78 is -0.869. The van der Waals surface area contributed by atoms with Crippen LogP contribution in [0.4, 0.5) is 0 Å². The van der Waals surface area contributed by atoms with Gasteiger partial charge in [0.05, 0.1) is 0 Å². The first kappa shape index (κ1) is 15.1. The minimum absolute atomic E-state index is 0.230. The molecule has 0 aliphatic carbocycles. The number of carbonyl (C=O) groups is 1. The quantitative estimate of drug-likeness (QED) is 0.622. The van der Waals surface area contributed by atoms with Gasteiger partial charge < -0.3 is 23.5 Å². The molecule has 0 radical (unpaired) electrons. The van der Waals surface area contributed by atoms with Crippen molar-refractivity contribution in [3.05, 3.63) is 5.73 Å². The van der Waals surface area contributed by atoms with Crippen molar-refractivity contribution in [3.8, 4) is 0 Å². The molecule has 0 bridgehead atoms. The van der Waals surface area contributed by atoms with Crippen LogP contribution in [0.5, 0.6) is 0 Å². The molecular formula is C7H15NO2SSn. The summed E-state index contributed by atoms with van der Waals surface area (Å²) in [5.74, 6) is -1.16. The molecule has 0 heterocycles. The third-order valence-electron chi connectivity index (χ3n) is 0.942. The maximum atomic E-state index is 10.1. The molecule has 5 heteroatoms. The maximum absolute atomic E-state index is 10.1. The van der Waals surface area contributed by atoms with E-state index in [4.69, 9.17) is 23.5 Å². The summed E-state index contributed by atoms with van der Waals surface area (Å²) in [6.45, 7) is 3.10. The number of carboxylic acid groups (broad SMARTS) is 1. The summed E-state index contributed by atoms with van der Waals surface area (Å²) in [6.07, 6.45) is 0. The summed E-state index contributed by atoms with van der Waals surface area (Å²) in [5, 5.41) is 8.26. The van der Waals surface area contributed by atoms with Gasteiger partial charge in [0.1, 0.15) is 0 Å². The van der Waals surface area contributed by atoms with Crippen LogP contribution in [-0.2, 0) is 17.4 Å². The first-order valence-electron chi connectivity index (χ1n) is 3.50. The van der Waals surface area contributed by atoms with Crippen molar-refractivity contribution in [2.75, 3.05) is 0 Å². The van der Waals surface area contributed by atoms with Gasteiger partial charge in [-0.15, -0.1) is 0 Å².